The summed E-state index contributed by atoms with van der Waals surface area (Å²) in [6.07, 6.45) is 1.05. The van der Waals surface area contributed by atoms with Crippen LogP contribution in [0.25, 0.3) is 0 Å². The highest BCUT2D eigenvalue weighted by Crippen LogP contribution is 2.38. The fraction of sp³-hybridized carbons (Fsp3) is 0.500. The van der Waals surface area contributed by atoms with Crippen LogP contribution in [0, 0.1) is 0 Å². The monoisotopic (exact) mass is 314 g/mol. The summed E-state index contributed by atoms with van der Waals surface area (Å²) in [4.78, 5) is 15.8. The molecule has 21 heavy (non-hydrogen) atoms. The van der Waals surface area contributed by atoms with E-state index in [2.05, 4.69) is 0 Å². The molecule has 0 spiro atoms. The van der Waals surface area contributed by atoms with Crippen molar-refractivity contribution in [2.75, 3.05) is 57.1 Å². The van der Waals surface area contributed by atoms with Crippen LogP contribution in [0.2, 0.25) is 0 Å². The lowest BCUT2D eigenvalue weighted by atomic mass is 10.1. The first kappa shape index (κ1) is 17.3. The van der Waals surface area contributed by atoms with Gasteiger partial charge >= 0.3 is 0 Å². The Balaban J connectivity index is 3.45. The van der Waals surface area contributed by atoms with E-state index in [1.165, 1.54) is 0 Å². The maximum atomic E-state index is 12.2. The number of hydrogen-bond acceptors (Lipinski definition) is 6. The summed E-state index contributed by atoms with van der Waals surface area (Å²) < 4.78 is 28.0. The number of anilines is 2. The van der Waals surface area contributed by atoms with Crippen molar-refractivity contribution in [3.63, 3.8) is 0 Å². The van der Waals surface area contributed by atoms with E-state index < -0.39 is 21.4 Å². The molecule has 0 aromatic heterocycles. The average Bonchev–Trinajstić information content (AvgIpc) is 2.34. The van der Waals surface area contributed by atoms with Crippen molar-refractivity contribution in [1.29, 1.82) is 0 Å². The van der Waals surface area contributed by atoms with Crippen LogP contribution in [0.15, 0.2) is 12.1 Å². The number of carbonyl (C=O) groups excluding carboxylic acids is 1. The number of nitrogens with zero attached hydrogens (tertiary/aromatic N) is 2. The van der Waals surface area contributed by atoms with Gasteiger partial charge < -0.3 is 14.5 Å². The number of rotatable bonds is 6. The van der Waals surface area contributed by atoms with Crippen molar-refractivity contribution in [2.45, 2.75) is 0 Å². The van der Waals surface area contributed by atoms with Gasteiger partial charge in [0, 0.05) is 40.0 Å². The number of sulfone groups is 1. The number of methoxy groups -OCH3 is 1. The summed E-state index contributed by atoms with van der Waals surface area (Å²) in [5.41, 5.74) is 1.80. The molecule has 0 unspecified atom stereocenters. The van der Waals surface area contributed by atoms with E-state index in [4.69, 9.17) is 4.74 Å². The Kier molecular flexibility index (Phi) is 5.22. The molecular weight excluding hydrogens is 292 g/mol. The third-order valence-corrected chi connectivity index (χ3v) is 3.72. The first-order valence-electron chi connectivity index (χ1n) is 6.34. The quantitative estimate of drug-likeness (QED) is 0.731. The minimum atomic E-state index is -3.36. The highest BCUT2D eigenvalue weighted by atomic mass is 32.2. The zero-order valence-electron chi connectivity index (χ0n) is 13.3. The number of ether oxygens (including phenoxy) is 1. The van der Waals surface area contributed by atoms with E-state index in [1.807, 2.05) is 38.0 Å². The molecule has 0 heterocycles. The van der Waals surface area contributed by atoms with Crippen molar-refractivity contribution >= 4 is 27.0 Å². The van der Waals surface area contributed by atoms with E-state index in [1.54, 1.807) is 19.2 Å². The van der Waals surface area contributed by atoms with Crippen LogP contribution in [0.5, 0.6) is 5.75 Å². The first-order valence-corrected chi connectivity index (χ1v) is 8.40. The van der Waals surface area contributed by atoms with E-state index >= 15 is 0 Å². The maximum Gasteiger partial charge on any atom is 0.178 e. The fourth-order valence-electron chi connectivity index (χ4n) is 1.95. The van der Waals surface area contributed by atoms with Gasteiger partial charge in [0.15, 0.2) is 21.4 Å². The number of benzene rings is 1. The molecule has 118 valence electrons. The van der Waals surface area contributed by atoms with Gasteiger partial charge in [-0.15, -0.1) is 0 Å². The second-order valence-corrected chi connectivity index (χ2v) is 7.47. The second kappa shape index (κ2) is 6.34. The molecule has 0 N–H and O–H groups in total. The Morgan fingerprint density at radius 1 is 1.10 bits per heavy atom. The lowest BCUT2D eigenvalue weighted by Gasteiger charge is -2.24. The van der Waals surface area contributed by atoms with Gasteiger partial charge in [-0.1, -0.05) is 0 Å². The summed E-state index contributed by atoms with van der Waals surface area (Å²) >= 11 is 0. The van der Waals surface area contributed by atoms with E-state index in [0.717, 1.165) is 17.6 Å². The minimum Gasteiger partial charge on any atom is -0.492 e. The highest BCUT2D eigenvalue weighted by Gasteiger charge is 2.20. The zero-order chi connectivity index (χ0) is 16.4. The van der Waals surface area contributed by atoms with E-state index in [-0.39, 0.29) is 0 Å². The third kappa shape index (κ3) is 4.35. The van der Waals surface area contributed by atoms with Gasteiger partial charge in [0.2, 0.25) is 0 Å². The predicted molar refractivity (Wildman–Crippen MR) is 85.7 cm³/mol. The molecule has 0 atom stereocenters. The average molecular weight is 314 g/mol. The van der Waals surface area contributed by atoms with Crippen LogP contribution < -0.4 is 14.5 Å². The molecule has 1 rings (SSSR count). The maximum absolute atomic E-state index is 12.2. The molecule has 0 saturated heterocycles. The predicted octanol–water partition coefficient (Wildman–Crippen LogP) is 1.05. The molecular formula is C14H22N2O4S. The van der Waals surface area contributed by atoms with Gasteiger partial charge in [0.05, 0.1) is 18.5 Å². The van der Waals surface area contributed by atoms with Crippen LogP contribution in [-0.4, -0.2) is 61.5 Å². The summed E-state index contributed by atoms with van der Waals surface area (Å²) in [5.74, 6) is -0.286. The van der Waals surface area contributed by atoms with Crippen LogP contribution >= 0.6 is 0 Å². The SMILES string of the molecule is COc1c(N(C)C)cc(C(=O)CS(C)(=O)=O)cc1N(C)C. The van der Waals surface area contributed by atoms with Gasteiger partial charge in [0.1, 0.15) is 5.75 Å². The van der Waals surface area contributed by atoms with Crippen molar-refractivity contribution in [3.05, 3.63) is 17.7 Å². The largest absolute Gasteiger partial charge is 0.492 e. The molecule has 0 amide bonds. The van der Waals surface area contributed by atoms with Gasteiger partial charge in [-0.25, -0.2) is 8.42 Å². The molecule has 1 aromatic carbocycles. The molecule has 0 aliphatic heterocycles. The zero-order valence-corrected chi connectivity index (χ0v) is 14.1. The Bertz CT molecular complexity index is 607. The summed E-state index contributed by atoms with van der Waals surface area (Å²) in [7, 11) is 5.54. The smallest absolute Gasteiger partial charge is 0.178 e. The normalized spacial score (nSPS) is 11.1. The molecule has 0 radical (unpaired) electrons. The standard InChI is InChI=1S/C14H22N2O4S/c1-15(2)11-7-10(13(17)9-21(6,18)19)8-12(16(3)4)14(11)20-5/h7-8H,9H2,1-6H3. The third-order valence-electron chi connectivity index (χ3n) is 2.93. The van der Waals surface area contributed by atoms with Gasteiger partial charge in [-0.2, -0.15) is 0 Å². The second-order valence-electron chi connectivity index (χ2n) is 5.33. The van der Waals surface area contributed by atoms with Crippen LogP contribution in [-0.2, 0) is 9.84 Å². The number of ketones is 1. The Morgan fingerprint density at radius 3 is 1.81 bits per heavy atom. The molecule has 0 aliphatic carbocycles. The van der Waals surface area contributed by atoms with Crippen LogP contribution in [0.4, 0.5) is 11.4 Å². The molecule has 0 fully saturated rings. The van der Waals surface area contributed by atoms with Crippen molar-refractivity contribution in [1.82, 2.24) is 0 Å². The first-order chi connectivity index (χ1) is 9.56. The van der Waals surface area contributed by atoms with Gasteiger partial charge in [-0.3, -0.25) is 4.79 Å². The molecule has 0 aliphatic rings. The van der Waals surface area contributed by atoms with Crippen LogP contribution in [0.3, 0.4) is 0 Å². The molecule has 0 saturated carbocycles. The topological polar surface area (TPSA) is 66.9 Å². The Labute approximate surface area is 126 Å². The van der Waals surface area contributed by atoms with E-state index in [0.29, 0.717) is 11.3 Å². The molecule has 7 heteroatoms. The van der Waals surface area contributed by atoms with Gasteiger partial charge in [-0.05, 0) is 12.1 Å². The van der Waals surface area contributed by atoms with Crippen molar-refractivity contribution in [2.24, 2.45) is 0 Å². The summed E-state index contributed by atoms with van der Waals surface area (Å²) in [5, 5.41) is 0. The molecule has 1 aromatic rings. The highest BCUT2D eigenvalue weighted by molar-refractivity contribution is 7.91. The summed E-state index contributed by atoms with van der Waals surface area (Å²) in [6, 6.07) is 3.30. The van der Waals surface area contributed by atoms with Gasteiger partial charge in [0.25, 0.3) is 0 Å². The van der Waals surface area contributed by atoms with Crippen molar-refractivity contribution < 1.29 is 17.9 Å². The number of carbonyl (C=O) groups is 1. The van der Waals surface area contributed by atoms with Crippen LogP contribution in [0.1, 0.15) is 10.4 Å². The van der Waals surface area contributed by atoms with Crippen molar-refractivity contribution in [3.8, 4) is 5.75 Å². The Morgan fingerprint density at radius 2 is 1.52 bits per heavy atom. The fourth-order valence-corrected chi connectivity index (χ4v) is 2.60. The Hall–Kier alpha value is -1.76. The summed E-state index contributed by atoms with van der Waals surface area (Å²) in [6.45, 7) is 0. The minimum absolute atomic E-state index is 0.355. The molecule has 6 nitrogen and oxygen atoms in total. The van der Waals surface area contributed by atoms with E-state index in [9.17, 15) is 13.2 Å². The molecule has 0 bridgehead atoms. The number of Topliss-reactive ketones (excluding diaryl/α,β-unsaturated/α-hetero) is 1. The number of hydrogen-bond donors (Lipinski definition) is 0. The lowest BCUT2D eigenvalue weighted by molar-refractivity contribution is 0.102. The lowest BCUT2D eigenvalue weighted by Crippen LogP contribution is -2.19.